The maximum absolute atomic E-state index is 12.6. The maximum Gasteiger partial charge on any atom is 0.287 e. The van der Waals surface area contributed by atoms with Crippen molar-refractivity contribution in [1.29, 1.82) is 0 Å². The number of rotatable bonds is 4. The molecule has 3 amide bonds. The normalized spacial score (nSPS) is 27.4. The first kappa shape index (κ1) is 17.5. The second kappa shape index (κ2) is 7.69. The lowest BCUT2D eigenvalue weighted by Crippen LogP contribution is -2.50. The van der Waals surface area contributed by atoms with Gasteiger partial charge in [0.1, 0.15) is 6.04 Å². The van der Waals surface area contributed by atoms with Gasteiger partial charge in [-0.1, -0.05) is 0 Å². The summed E-state index contributed by atoms with van der Waals surface area (Å²) >= 11 is 0. The summed E-state index contributed by atoms with van der Waals surface area (Å²) in [4.78, 5) is 38.5. The number of likely N-dealkylation sites (tertiary alicyclic amines) is 1. The van der Waals surface area contributed by atoms with E-state index in [2.05, 4.69) is 16.0 Å². The maximum atomic E-state index is 12.6. The summed E-state index contributed by atoms with van der Waals surface area (Å²) in [6.45, 7) is 1.23. The van der Waals surface area contributed by atoms with Gasteiger partial charge in [0, 0.05) is 19.1 Å². The number of furan rings is 1. The van der Waals surface area contributed by atoms with E-state index in [1.54, 1.807) is 12.1 Å². The number of likely N-dealkylation sites (N-methyl/N-ethyl adjacent to an activating group) is 1. The Morgan fingerprint density at radius 1 is 1.32 bits per heavy atom. The largest absolute Gasteiger partial charge is 0.459 e. The molecule has 2 fully saturated rings. The van der Waals surface area contributed by atoms with Crippen molar-refractivity contribution in [3.05, 3.63) is 24.2 Å². The third-order valence-electron chi connectivity index (χ3n) is 4.78. The first-order valence-corrected chi connectivity index (χ1v) is 8.67. The van der Waals surface area contributed by atoms with Gasteiger partial charge < -0.3 is 20.4 Å². The molecule has 3 N–H and O–H groups in total. The Balaban J connectivity index is 1.54. The van der Waals surface area contributed by atoms with E-state index in [0.29, 0.717) is 25.9 Å². The molecule has 8 nitrogen and oxygen atoms in total. The van der Waals surface area contributed by atoms with Gasteiger partial charge in [0.25, 0.3) is 5.91 Å². The zero-order valence-electron chi connectivity index (χ0n) is 14.3. The summed E-state index contributed by atoms with van der Waals surface area (Å²) in [6, 6.07) is 2.28. The molecule has 1 aromatic heterocycles. The number of carbonyl (C=O) groups excluding carboxylic acids is 3. The van der Waals surface area contributed by atoms with Gasteiger partial charge in [0.15, 0.2) is 5.76 Å². The quantitative estimate of drug-likeness (QED) is 0.703. The Morgan fingerprint density at radius 3 is 2.92 bits per heavy atom. The van der Waals surface area contributed by atoms with E-state index in [1.165, 1.54) is 6.26 Å². The van der Waals surface area contributed by atoms with Gasteiger partial charge in [-0.2, -0.15) is 0 Å². The van der Waals surface area contributed by atoms with Gasteiger partial charge >= 0.3 is 0 Å². The topological polar surface area (TPSA) is 104 Å². The first-order chi connectivity index (χ1) is 12.0. The van der Waals surface area contributed by atoms with Crippen LogP contribution in [0, 0.1) is 0 Å². The van der Waals surface area contributed by atoms with Crippen molar-refractivity contribution >= 4 is 17.7 Å². The predicted octanol–water partition coefficient (Wildman–Crippen LogP) is -0.133. The number of carbonyl (C=O) groups is 3. The molecule has 3 heterocycles. The van der Waals surface area contributed by atoms with Crippen molar-refractivity contribution in [2.45, 2.75) is 43.8 Å². The van der Waals surface area contributed by atoms with Gasteiger partial charge in [-0.15, -0.1) is 0 Å². The third kappa shape index (κ3) is 4.19. The van der Waals surface area contributed by atoms with E-state index in [9.17, 15) is 14.4 Å². The highest BCUT2D eigenvalue weighted by Gasteiger charge is 2.37. The number of nitrogens with one attached hydrogen (secondary N) is 3. The minimum Gasteiger partial charge on any atom is -0.459 e. The lowest BCUT2D eigenvalue weighted by molar-refractivity contribution is -0.131. The van der Waals surface area contributed by atoms with Crippen molar-refractivity contribution in [2.24, 2.45) is 0 Å². The summed E-state index contributed by atoms with van der Waals surface area (Å²) in [5.74, 6) is -0.313. The molecule has 0 aliphatic carbocycles. The average molecular weight is 348 g/mol. The van der Waals surface area contributed by atoms with E-state index in [4.69, 9.17) is 4.42 Å². The Labute approximate surface area is 146 Å². The molecule has 0 saturated carbocycles. The smallest absolute Gasteiger partial charge is 0.287 e. The molecule has 2 aliphatic rings. The van der Waals surface area contributed by atoms with Crippen molar-refractivity contribution in [1.82, 2.24) is 20.9 Å². The number of hydrogen-bond donors (Lipinski definition) is 3. The Morgan fingerprint density at radius 2 is 2.16 bits per heavy atom. The third-order valence-corrected chi connectivity index (χ3v) is 4.78. The molecular weight excluding hydrogens is 324 g/mol. The van der Waals surface area contributed by atoms with Crippen molar-refractivity contribution in [2.75, 3.05) is 20.1 Å². The SMILES string of the molecule is CN1C[C@@H](NC(=O)c2ccco2)C[C@H]1C(=O)N[C@H]1CCCCNC1=O. The molecule has 0 radical (unpaired) electrons. The van der Waals surface area contributed by atoms with Crippen LogP contribution in [-0.2, 0) is 9.59 Å². The molecule has 2 aliphatic heterocycles. The minimum absolute atomic E-state index is 0.117. The molecule has 0 spiro atoms. The van der Waals surface area contributed by atoms with E-state index < -0.39 is 6.04 Å². The summed E-state index contributed by atoms with van der Waals surface area (Å²) in [5, 5.41) is 8.56. The highest BCUT2D eigenvalue weighted by molar-refractivity contribution is 5.92. The van der Waals surface area contributed by atoms with Crippen molar-refractivity contribution in [3.63, 3.8) is 0 Å². The predicted molar refractivity (Wildman–Crippen MR) is 89.8 cm³/mol. The van der Waals surface area contributed by atoms with Crippen LogP contribution in [0.15, 0.2) is 22.8 Å². The molecule has 2 saturated heterocycles. The van der Waals surface area contributed by atoms with Gasteiger partial charge in [0.05, 0.1) is 12.3 Å². The first-order valence-electron chi connectivity index (χ1n) is 8.67. The standard InChI is InChI=1S/C17H24N4O4/c1-21-10-11(19-17(24)14-6-4-8-25-14)9-13(21)16(23)20-12-5-2-3-7-18-15(12)22/h4,6,8,11-13H,2-3,5,7,9-10H2,1H3,(H,18,22)(H,19,24)(H,20,23)/t11-,12-,13-/m0/s1. The van der Waals surface area contributed by atoms with E-state index in [0.717, 1.165) is 12.8 Å². The average Bonchev–Trinajstić information content (AvgIpc) is 3.18. The molecule has 136 valence electrons. The van der Waals surface area contributed by atoms with Gasteiger partial charge in [-0.05, 0) is 44.9 Å². The van der Waals surface area contributed by atoms with Crippen LogP contribution in [-0.4, -0.2) is 60.9 Å². The van der Waals surface area contributed by atoms with Crippen LogP contribution >= 0.6 is 0 Å². The van der Waals surface area contributed by atoms with Crippen LogP contribution in [0.2, 0.25) is 0 Å². The molecule has 25 heavy (non-hydrogen) atoms. The van der Waals surface area contributed by atoms with Gasteiger partial charge in [0.2, 0.25) is 11.8 Å². The fourth-order valence-corrected chi connectivity index (χ4v) is 3.42. The monoisotopic (exact) mass is 348 g/mol. The van der Waals surface area contributed by atoms with Gasteiger partial charge in [-0.25, -0.2) is 0 Å². The Bertz CT molecular complexity index is 631. The van der Waals surface area contributed by atoms with Crippen LogP contribution in [0.1, 0.15) is 36.2 Å². The lowest BCUT2D eigenvalue weighted by Gasteiger charge is -2.22. The van der Waals surface area contributed by atoms with Gasteiger partial charge in [-0.3, -0.25) is 19.3 Å². The Hall–Kier alpha value is -2.35. The molecule has 8 heteroatoms. The molecule has 3 rings (SSSR count). The van der Waals surface area contributed by atoms with E-state index in [1.807, 2.05) is 11.9 Å². The second-order valence-corrected chi connectivity index (χ2v) is 6.69. The molecule has 1 aromatic rings. The summed E-state index contributed by atoms with van der Waals surface area (Å²) in [6.07, 6.45) is 4.45. The van der Waals surface area contributed by atoms with Crippen LogP contribution < -0.4 is 16.0 Å². The molecular formula is C17H24N4O4. The van der Waals surface area contributed by atoms with E-state index in [-0.39, 0.29) is 35.6 Å². The van der Waals surface area contributed by atoms with E-state index >= 15 is 0 Å². The van der Waals surface area contributed by atoms with Crippen LogP contribution in [0.3, 0.4) is 0 Å². The summed E-state index contributed by atoms with van der Waals surface area (Å²) < 4.78 is 5.08. The molecule has 0 aromatic carbocycles. The zero-order chi connectivity index (χ0) is 17.8. The highest BCUT2D eigenvalue weighted by atomic mass is 16.3. The number of nitrogens with zero attached hydrogens (tertiary/aromatic N) is 1. The van der Waals surface area contributed by atoms with Crippen molar-refractivity contribution in [3.8, 4) is 0 Å². The lowest BCUT2D eigenvalue weighted by atomic mass is 10.1. The fourth-order valence-electron chi connectivity index (χ4n) is 3.42. The Kier molecular flexibility index (Phi) is 5.37. The number of amides is 3. The molecule has 0 unspecified atom stereocenters. The minimum atomic E-state index is -0.472. The molecule has 0 bridgehead atoms. The molecule has 3 atom stereocenters. The summed E-state index contributed by atoms with van der Waals surface area (Å²) in [5.41, 5.74) is 0. The highest BCUT2D eigenvalue weighted by Crippen LogP contribution is 2.17. The number of hydrogen-bond acceptors (Lipinski definition) is 5. The van der Waals surface area contributed by atoms with Crippen molar-refractivity contribution < 1.29 is 18.8 Å². The zero-order valence-corrected chi connectivity index (χ0v) is 14.3. The van der Waals surface area contributed by atoms with Crippen LogP contribution in [0.25, 0.3) is 0 Å². The van der Waals surface area contributed by atoms with Crippen LogP contribution in [0.4, 0.5) is 0 Å². The fraction of sp³-hybridized carbons (Fsp3) is 0.588. The second-order valence-electron chi connectivity index (χ2n) is 6.69. The van der Waals surface area contributed by atoms with Crippen LogP contribution in [0.5, 0.6) is 0 Å². The summed E-state index contributed by atoms with van der Waals surface area (Å²) in [7, 11) is 1.84.